The molecule has 27 heavy (non-hydrogen) atoms. The van der Waals surface area contributed by atoms with Crippen LogP contribution in [0.4, 0.5) is 0 Å². The monoisotopic (exact) mass is 372 g/mol. The van der Waals surface area contributed by atoms with Gasteiger partial charge in [-0.25, -0.2) is 0 Å². The van der Waals surface area contributed by atoms with E-state index in [2.05, 4.69) is 4.90 Å². The largest absolute Gasteiger partial charge is 0.509 e. The van der Waals surface area contributed by atoms with Crippen LogP contribution in [0.5, 0.6) is 5.75 Å². The van der Waals surface area contributed by atoms with Gasteiger partial charge < -0.3 is 25.1 Å². The third kappa shape index (κ3) is 5.03. The topological polar surface area (TPSA) is 84.2 Å². The third-order valence-electron chi connectivity index (χ3n) is 6.01. The van der Waals surface area contributed by atoms with Crippen molar-refractivity contribution in [2.45, 2.75) is 44.2 Å². The summed E-state index contributed by atoms with van der Waals surface area (Å²) in [6.45, 7) is 3.66. The second kappa shape index (κ2) is 9.08. The normalized spacial score (nSPS) is 21.3. The third-order valence-corrected chi connectivity index (χ3v) is 6.01. The number of carbonyl (C=O) groups excluding carboxylic acids is 1. The van der Waals surface area contributed by atoms with Crippen LogP contribution in [0.2, 0.25) is 0 Å². The van der Waals surface area contributed by atoms with Crippen molar-refractivity contribution in [3.8, 4) is 5.75 Å². The Kier molecular flexibility index (Phi) is 6.79. The number of aliphatic hydroxyl groups excluding tert-OH is 2. The summed E-state index contributed by atoms with van der Waals surface area (Å²) in [5.74, 6) is 0.204. The van der Waals surface area contributed by atoms with Crippen molar-refractivity contribution in [2.24, 2.45) is 5.92 Å². The first-order chi connectivity index (χ1) is 13.0. The van der Waals surface area contributed by atoms with Gasteiger partial charge in [-0.3, -0.25) is 4.79 Å². The van der Waals surface area contributed by atoms with Crippen molar-refractivity contribution >= 4 is 19.2 Å². The number of phenolic OH excluding ortho intramolecular Hbond substituents is 1. The summed E-state index contributed by atoms with van der Waals surface area (Å²) in [6, 6.07) is 5.23. The summed E-state index contributed by atoms with van der Waals surface area (Å²) < 4.78 is 0. The van der Waals surface area contributed by atoms with E-state index >= 15 is 0 Å². The Morgan fingerprint density at radius 2 is 1.81 bits per heavy atom. The highest BCUT2D eigenvalue weighted by Crippen LogP contribution is 2.24. The van der Waals surface area contributed by atoms with E-state index < -0.39 is 6.10 Å². The van der Waals surface area contributed by atoms with Crippen molar-refractivity contribution in [3.63, 3.8) is 0 Å². The van der Waals surface area contributed by atoms with Gasteiger partial charge in [-0.2, -0.15) is 0 Å². The average molecular weight is 372 g/mol. The molecule has 1 amide bonds. The SMILES string of the molecule is [B]c1cc(C[C@@H](O)C(=O)N2CCC(N3CCC(CO)CC3)CC2)ccc1O. The summed E-state index contributed by atoms with van der Waals surface area (Å²) in [7, 11) is 5.67. The van der Waals surface area contributed by atoms with Crippen LogP contribution in [0.25, 0.3) is 0 Å². The molecule has 0 unspecified atom stereocenters. The fourth-order valence-corrected chi connectivity index (χ4v) is 4.20. The minimum atomic E-state index is -1.09. The number of piperidine rings is 2. The Morgan fingerprint density at radius 1 is 1.15 bits per heavy atom. The first-order valence-electron chi connectivity index (χ1n) is 9.87. The number of phenols is 1. The van der Waals surface area contributed by atoms with Crippen molar-refractivity contribution in [1.82, 2.24) is 9.80 Å². The van der Waals surface area contributed by atoms with Gasteiger partial charge in [0.15, 0.2) is 0 Å². The zero-order valence-electron chi connectivity index (χ0n) is 15.8. The van der Waals surface area contributed by atoms with Crippen LogP contribution < -0.4 is 5.46 Å². The lowest BCUT2D eigenvalue weighted by atomic mass is 9.91. The Morgan fingerprint density at radius 3 is 2.41 bits per heavy atom. The van der Waals surface area contributed by atoms with Gasteiger partial charge in [0.05, 0.1) is 0 Å². The number of hydrogen-bond donors (Lipinski definition) is 3. The van der Waals surface area contributed by atoms with Gasteiger partial charge in [0.1, 0.15) is 19.7 Å². The Hall–Kier alpha value is -1.57. The number of likely N-dealkylation sites (tertiary alicyclic amines) is 2. The summed E-state index contributed by atoms with van der Waals surface area (Å²) in [4.78, 5) is 16.8. The molecule has 0 spiro atoms. The molecule has 6 nitrogen and oxygen atoms in total. The van der Waals surface area contributed by atoms with E-state index in [4.69, 9.17) is 7.85 Å². The predicted molar refractivity (Wildman–Crippen MR) is 104 cm³/mol. The van der Waals surface area contributed by atoms with Gasteiger partial charge in [0.2, 0.25) is 0 Å². The fourth-order valence-electron chi connectivity index (χ4n) is 4.20. The summed E-state index contributed by atoms with van der Waals surface area (Å²) in [5, 5.41) is 29.1. The maximum absolute atomic E-state index is 12.6. The summed E-state index contributed by atoms with van der Waals surface area (Å²) >= 11 is 0. The molecule has 2 saturated heterocycles. The Balaban J connectivity index is 1.47. The highest BCUT2D eigenvalue weighted by atomic mass is 16.3. The molecule has 1 aromatic rings. The van der Waals surface area contributed by atoms with E-state index in [1.807, 2.05) is 0 Å². The highest BCUT2D eigenvalue weighted by Gasteiger charge is 2.31. The van der Waals surface area contributed by atoms with Gasteiger partial charge in [-0.05, 0) is 56.3 Å². The second-order valence-electron chi connectivity index (χ2n) is 7.83. The highest BCUT2D eigenvalue weighted by molar-refractivity contribution is 6.34. The van der Waals surface area contributed by atoms with Crippen LogP contribution in [0.3, 0.4) is 0 Å². The van der Waals surface area contributed by atoms with E-state index in [9.17, 15) is 20.1 Å². The lowest BCUT2D eigenvalue weighted by Gasteiger charge is -2.42. The van der Waals surface area contributed by atoms with Gasteiger partial charge in [-0.1, -0.05) is 17.6 Å². The quantitative estimate of drug-likeness (QED) is 0.623. The first-order valence-corrected chi connectivity index (χ1v) is 9.87. The molecule has 3 rings (SSSR count). The van der Waals surface area contributed by atoms with Gasteiger partial charge in [-0.15, -0.1) is 0 Å². The molecule has 0 aliphatic carbocycles. The van der Waals surface area contributed by atoms with Crippen LogP contribution in [-0.4, -0.2) is 83.8 Å². The number of hydrogen-bond acceptors (Lipinski definition) is 5. The van der Waals surface area contributed by atoms with Crippen molar-refractivity contribution in [2.75, 3.05) is 32.8 Å². The molecule has 146 valence electrons. The number of aliphatic hydroxyl groups is 2. The molecule has 2 aliphatic rings. The molecule has 7 heteroatoms. The predicted octanol–water partition coefficient (Wildman–Crippen LogP) is -0.215. The van der Waals surface area contributed by atoms with Crippen LogP contribution in [0.1, 0.15) is 31.2 Å². The van der Waals surface area contributed by atoms with Gasteiger partial charge >= 0.3 is 0 Å². The van der Waals surface area contributed by atoms with Crippen LogP contribution in [0, 0.1) is 5.92 Å². The summed E-state index contributed by atoms with van der Waals surface area (Å²) in [6.07, 6.45) is 3.04. The van der Waals surface area contributed by atoms with Crippen molar-refractivity contribution in [3.05, 3.63) is 23.8 Å². The molecule has 2 heterocycles. The van der Waals surface area contributed by atoms with Crippen LogP contribution >= 0.6 is 0 Å². The van der Waals surface area contributed by atoms with Crippen molar-refractivity contribution < 1.29 is 20.1 Å². The molecular weight excluding hydrogens is 343 g/mol. The van der Waals surface area contributed by atoms with E-state index in [1.165, 1.54) is 6.07 Å². The van der Waals surface area contributed by atoms with E-state index in [0.717, 1.165) is 44.3 Å². The van der Waals surface area contributed by atoms with E-state index in [1.54, 1.807) is 17.0 Å². The van der Waals surface area contributed by atoms with Gasteiger partial charge in [0, 0.05) is 32.2 Å². The molecule has 0 aromatic heterocycles. The molecule has 1 atom stereocenters. The standard InChI is InChI=1S/C20H29BN2O4/c21-17-11-15(1-2-18(17)25)12-19(26)20(27)23-9-5-16(6-10-23)22-7-3-14(13-24)4-8-22/h1-2,11,14,16,19,24-26H,3-10,12-13H2/t19-/m1/s1. The minimum absolute atomic E-state index is 0.00432. The number of rotatable bonds is 5. The number of carbonyl (C=O) groups is 1. The molecule has 2 radical (unpaired) electrons. The number of aromatic hydroxyl groups is 1. The molecule has 2 aliphatic heterocycles. The Bertz CT molecular complexity index is 641. The molecular formula is C20H29BN2O4. The molecule has 2 fully saturated rings. The number of benzene rings is 1. The fraction of sp³-hybridized carbons (Fsp3) is 0.650. The minimum Gasteiger partial charge on any atom is -0.509 e. The molecule has 0 saturated carbocycles. The maximum atomic E-state index is 12.6. The lowest BCUT2D eigenvalue weighted by Crippen LogP contribution is -2.51. The number of nitrogens with zero attached hydrogens (tertiary/aromatic N) is 2. The summed E-state index contributed by atoms with van der Waals surface area (Å²) in [5.41, 5.74) is 0.978. The van der Waals surface area contributed by atoms with Crippen molar-refractivity contribution in [1.29, 1.82) is 0 Å². The number of amides is 1. The zero-order chi connectivity index (χ0) is 19.4. The van der Waals surface area contributed by atoms with Gasteiger partial charge in [0.25, 0.3) is 5.91 Å². The first kappa shape index (κ1) is 20.2. The maximum Gasteiger partial charge on any atom is 0.251 e. The molecule has 1 aromatic carbocycles. The van der Waals surface area contributed by atoms with E-state index in [-0.39, 0.29) is 30.1 Å². The van der Waals surface area contributed by atoms with Crippen LogP contribution in [-0.2, 0) is 11.2 Å². The smallest absolute Gasteiger partial charge is 0.251 e. The Labute approximate surface area is 162 Å². The average Bonchev–Trinajstić information content (AvgIpc) is 2.70. The van der Waals surface area contributed by atoms with Crippen LogP contribution in [0.15, 0.2) is 18.2 Å². The lowest BCUT2D eigenvalue weighted by molar-refractivity contribution is -0.141. The molecule has 3 N–H and O–H groups in total. The molecule has 0 bridgehead atoms. The second-order valence-corrected chi connectivity index (χ2v) is 7.83. The zero-order valence-corrected chi connectivity index (χ0v) is 15.8. The van der Waals surface area contributed by atoms with E-state index in [0.29, 0.717) is 25.0 Å².